The van der Waals surface area contributed by atoms with Crippen LogP contribution in [0.15, 0.2) is 34.9 Å². The van der Waals surface area contributed by atoms with E-state index in [1.165, 1.54) is 5.57 Å². The van der Waals surface area contributed by atoms with E-state index in [0.29, 0.717) is 25.0 Å². The third kappa shape index (κ3) is 6.35. The molecule has 0 aromatic rings. The number of carbonyl (C=O) groups excluding carboxylic acids is 1. The number of hydrogen-bond acceptors (Lipinski definition) is 4. The van der Waals surface area contributed by atoms with E-state index in [2.05, 4.69) is 24.0 Å². The standard InChI is InChI=1S/C22H33NO4/c1-15-7-5-9-17(21(24)25)10-6-8-16(2)13-20-18(12-11-15)19(14-23(3)4)22(26)27-20/h7,10,13,18-20H,5-6,8-9,11-12,14H2,1-4H3,(H,24,25)/b15-7-,16-13-,17-10+/t18-,19-,20-/m0/s1. The molecule has 27 heavy (non-hydrogen) atoms. The topological polar surface area (TPSA) is 66.8 Å². The van der Waals surface area contributed by atoms with Crippen LogP contribution in [0, 0.1) is 11.8 Å². The number of fused-ring (bicyclic) bond motifs is 1. The first kappa shape index (κ1) is 21.4. The second-order valence-corrected chi connectivity index (χ2v) is 8.15. The molecule has 5 heteroatoms. The maximum atomic E-state index is 12.5. The maximum absolute atomic E-state index is 12.5. The molecule has 0 aromatic carbocycles. The third-order valence-electron chi connectivity index (χ3n) is 5.49. The molecule has 0 saturated carbocycles. The Morgan fingerprint density at radius 3 is 2.52 bits per heavy atom. The molecule has 5 nitrogen and oxygen atoms in total. The molecule has 2 rings (SSSR count). The van der Waals surface area contributed by atoms with Crippen molar-refractivity contribution >= 4 is 11.9 Å². The largest absolute Gasteiger partial charge is 0.478 e. The average Bonchev–Trinajstić information content (AvgIpc) is 2.85. The van der Waals surface area contributed by atoms with Crippen LogP contribution in [0.4, 0.5) is 0 Å². The Bertz CT molecular complexity index is 645. The van der Waals surface area contributed by atoms with Gasteiger partial charge in [-0.05, 0) is 72.5 Å². The van der Waals surface area contributed by atoms with Crippen LogP contribution in [-0.4, -0.2) is 48.7 Å². The van der Waals surface area contributed by atoms with Crippen LogP contribution < -0.4 is 0 Å². The maximum Gasteiger partial charge on any atom is 0.331 e. The van der Waals surface area contributed by atoms with Crippen molar-refractivity contribution in [3.05, 3.63) is 34.9 Å². The number of carboxylic acids is 1. The summed E-state index contributed by atoms with van der Waals surface area (Å²) in [7, 11) is 3.98. The number of carbonyl (C=O) groups is 2. The number of rotatable bonds is 3. The van der Waals surface area contributed by atoms with Crippen molar-refractivity contribution in [2.45, 2.75) is 58.5 Å². The molecule has 0 bridgehead atoms. The predicted molar refractivity (Wildman–Crippen MR) is 106 cm³/mol. The van der Waals surface area contributed by atoms with Gasteiger partial charge in [0.1, 0.15) is 6.10 Å². The number of carboxylic acid groups (broad SMARTS) is 1. The molecule has 2 aliphatic rings. The van der Waals surface area contributed by atoms with Gasteiger partial charge in [-0.3, -0.25) is 4.79 Å². The van der Waals surface area contributed by atoms with Gasteiger partial charge in [0.2, 0.25) is 0 Å². The SMILES string of the molecule is C/C1=C/[C@@H]2OC(=O)[C@@H](CN(C)C)[C@@H]2CC/C(C)=C\CC/C(C(=O)O)=C\CC1. The summed E-state index contributed by atoms with van der Waals surface area (Å²) in [6.07, 6.45) is 10.5. The molecular weight excluding hydrogens is 342 g/mol. The van der Waals surface area contributed by atoms with Crippen LogP contribution in [0.25, 0.3) is 0 Å². The lowest BCUT2D eigenvalue weighted by molar-refractivity contribution is -0.143. The number of hydrogen-bond donors (Lipinski definition) is 1. The van der Waals surface area contributed by atoms with Crippen LogP contribution >= 0.6 is 0 Å². The first-order chi connectivity index (χ1) is 12.8. The number of aliphatic carboxylic acids is 1. The minimum Gasteiger partial charge on any atom is -0.478 e. The lowest BCUT2D eigenvalue weighted by Gasteiger charge is -2.22. The number of nitrogens with zero attached hydrogens (tertiary/aromatic N) is 1. The summed E-state index contributed by atoms with van der Waals surface area (Å²) in [5.74, 6) is -0.826. The van der Waals surface area contributed by atoms with Crippen LogP contribution in [0.2, 0.25) is 0 Å². The molecular formula is C22H33NO4. The minimum absolute atomic E-state index is 0.0896. The van der Waals surface area contributed by atoms with Gasteiger partial charge in [-0.2, -0.15) is 0 Å². The summed E-state index contributed by atoms with van der Waals surface area (Å²) in [5, 5.41) is 9.36. The number of ether oxygens (including phenoxy) is 1. The van der Waals surface area contributed by atoms with Gasteiger partial charge < -0.3 is 14.7 Å². The summed E-state index contributed by atoms with van der Waals surface area (Å²) in [5.41, 5.74) is 2.88. The molecule has 1 saturated heterocycles. The normalized spacial score (nSPS) is 33.6. The highest BCUT2D eigenvalue weighted by atomic mass is 16.6. The quantitative estimate of drug-likeness (QED) is 0.597. The molecule has 0 unspecified atom stereocenters. The Balaban J connectivity index is 2.25. The van der Waals surface area contributed by atoms with Crippen molar-refractivity contribution in [2.24, 2.45) is 11.8 Å². The Kier molecular flexibility index (Phi) is 7.84. The van der Waals surface area contributed by atoms with E-state index < -0.39 is 5.97 Å². The van der Waals surface area contributed by atoms with E-state index in [1.807, 2.05) is 27.1 Å². The van der Waals surface area contributed by atoms with E-state index >= 15 is 0 Å². The Morgan fingerprint density at radius 2 is 1.85 bits per heavy atom. The highest BCUT2D eigenvalue weighted by Crippen LogP contribution is 2.35. The predicted octanol–water partition coefficient (Wildman–Crippen LogP) is 3.96. The zero-order valence-corrected chi connectivity index (χ0v) is 17.0. The van der Waals surface area contributed by atoms with Gasteiger partial charge in [-0.1, -0.05) is 23.3 Å². The second-order valence-electron chi connectivity index (χ2n) is 8.15. The van der Waals surface area contributed by atoms with Crippen molar-refractivity contribution in [2.75, 3.05) is 20.6 Å². The van der Waals surface area contributed by atoms with Gasteiger partial charge in [0, 0.05) is 18.0 Å². The van der Waals surface area contributed by atoms with Crippen LogP contribution in [0.3, 0.4) is 0 Å². The molecule has 0 aromatic heterocycles. The van der Waals surface area contributed by atoms with Gasteiger partial charge in [0.25, 0.3) is 0 Å². The highest BCUT2D eigenvalue weighted by Gasteiger charge is 2.43. The van der Waals surface area contributed by atoms with Crippen LogP contribution in [0.1, 0.15) is 52.4 Å². The molecule has 0 amide bonds. The summed E-state index contributed by atoms with van der Waals surface area (Å²) in [6, 6.07) is 0. The highest BCUT2D eigenvalue weighted by molar-refractivity contribution is 5.86. The molecule has 1 aliphatic heterocycles. The molecule has 1 aliphatic carbocycles. The first-order valence-corrected chi connectivity index (χ1v) is 9.88. The van der Waals surface area contributed by atoms with Crippen molar-refractivity contribution in [3.63, 3.8) is 0 Å². The zero-order valence-electron chi connectivity index (χ0n) is 17.0. The summed E-state index contributed by atoms with van der Waals surface area (Å²) in [6.45, 7) is 4.83. The molecule has 0 spiro atoms. The Hall–Kier alpha value is -1.88. The lowest BCUT2D eigenvalue weighted by Crippen LogP contribution is -2.30. The number of allylic oxidation sites excluding steroid dienone is 4. The third-order valence-corrected chi connectivity index (χ3v) is 5.49. The van der Waals surface area contributed by atoms with Crippen molar-refractivity contribution in [1.82, 2.24) is 4.90 Å². The monoisotopic (exact) mass is 375 g/mol. The van der Waals surface area contributed by atoms with E-state index in [9.17, 15) is 14.7 Å². The Labute approximate surface area is 162 Å². The van der Waals surface area contributed by atoms with E-state index in [4.69, 9.17) is 4.74 Å². The Morgan fingerprint density at radius 1 is 1.15 bits per heavy atom. The van der Waals surface area contributed by atoms with E-state index in [1.54, 1.807) is 0 Å². The summed E-state index contributed by atoms with van der Waals surface area (Å²) in [4.78, 5) is 25.9. The molecule has 1 fully saturated rings. The van der Waals surface area contributed by atoms with Crippen molar-refractivity contribution in [3.8, 4) is 0 Å². The first-order valence-electron chi connectivity index (χ1n) is 9.88. The van der Waals surface area contributed by atoms with Crippen molar-refractivity contribution in [1.29, 1.82) is 0 Å². The molecule has 1 heterocycles. The second kappa shape index (κ2) is 9.88. The van der Waals surface area contributed by atoms with Crippen LogP contribution in [0.5, 0.6) is 0 Å². The lowest BCUT2D eigenvalue weighted by atomic mass is 9.84. The van der Waals surface area contributed by atoms with Gasteiger partial charge in [0.15, 0.2) is 0 Å². The summed E-state index contributed by atoms with van der Waals surface area (Å²) >= 11 is 0. The minimum atomic E-state index is -0.828. The smallest absolute Gasteiger partial charge is 0.331 e. The summed E-state index contributed by atoms with van der Waals surface area (Å²) < 4.78 is 5.73. The van der Waals surface area contributed by atoms with E-state index in [-0.39, 0.29) is 23.9 Å². The zero-order chi connectivity index (χ0) is 20.0. The molecule has 1 N–H and O–H groups in total. The van der Waals surface area contributed by atoms with Crippen molar-refractivity contribution < 1.29 is 19.4 Å². The van der Waals surface area contributed by atoms with Gasteiger partial charge in [-0.25, -0.2) is 4.79 Å². The fraction of sp³-hybridized carbons (Fsp3) is 0.636. The number of esters is 1. The fourth-order valence-corrected chi connectivity index (χ4v) is 3.94. The fourth-order valence-electron chi connectivity index (χ4n) is 3.94. The molecule has 0 radical (unpaired) electrons. The van der Waals surface area contributed by atoms with Gasteiger partial charge in [-0.15, -0.1) is 0 Å². The van der Waals surface area contributed by atoms with Gasteiger partial charge in [0.05, 0.1) is 5.92 Å². The van der Waals surface area contributed by atoms with E-state index in [0.717, 1.165) is 31.3 Å². The molecule has 150 valence electrons. The average molecular weight is 376 g/mol. The van der Waals surface area contributed by atoms with Crippen LogP contribution in [-0.2, 0) is 14.3 Å². The van der Waals surface area contributed by atoms with Gasteiger partial charge >= 0.3 is 11.9 Å². The molecule has 3 atom stereocenters.